The average Bonchev–Trinajstić information content (AvgIpc) is 2.68. The summed E-state index contributed by atoms with van der Waals surface area (Å²) in [5, 5.41) is 0.720. The number of nitrogens with zero attached hydrogens (tertiary/aromatic N) is 1. The second-order valence-corrected chi connectivity index (χ2v) is 3.92. The highest BCUT2D eigenvalue weighted by Crippen LogP contribution is 2.19. The third-order valence-electron chi connectivity index (χ3n) is 2.20. The van der Waals surface area contributed by atoms with Gasteiger partial charge in [0.2, 0.25) is 0 Å². The van der Waals surface area contributed by atoms with Crippen molar-refractivity contribution >= 4 is 11.6 Å². The van der Waals surface area contributed by atoms with Gasteiger partial charge < -0.3 is 10.7 Å². The zero-order valence-electron chi connectivity index (χ0n) is 8.37. The molecule has 78 valence electrons. The molecule has 0 radical (unpaired) electrons. The summed E-state index contributed by atoms with van der Waals surface area (Å²) in [7, 11) is 0. The van der Waals surface area contributed by atoms with Crippen molar-refractivity contribution in [3.63, 3.8) is 0 Å². The molecule has 4 heteroatoms. The fraction of sp³-hybridized carbons (Fsp3) is 0.182. The van der Waals surface area contributed by atoms with Gasteiger partial charge in [-0.15, -0.1) is 0 Å². The summed E-state index contributed by atoms with van der Waals surface area (Å²) in [5.74, 6) is 0.818. The monoisotopic (exact) mass is 221 g/mol. The fourth-order valence-electron chi connectivity index (χ4n) is 1.32. The van der Waals surface area contributed by atoms with E-state index in [0.29, 0.717) is 0 Å². The van der Waals surface area contributed by atoms with Crippen molar-refractivity contribution in [3.8, 4) is 11.4 Å². The number of halogens is 1. The second-order valence-electron chi connectivity index (χ2n) is 3.48. The van der Waals surface area contributed by atoms with Gasteiger partial charge in [-0.05, 0) is 31.2 Å². The van der Waals surface area contributed by atoms with Gasteiger partial charge in [-0.25, -0.2) is 4.98 Å². The number of H-pyrrole nitrogens is 1. The Bertz CT molecular complexity index is 445. The van der Waals surface area contributed by atoms with Gasteiger partial charge in [0.1, 0.15) is 5.82 Å². The van der Waals surface area contributed by atoms with E-state index in [-0.39, 0.29) is 6.04 Å². The molecule has 0 spiro atoms. The number of hydrogen-bond donors (Lipinski definition) is 2. The minimum atomic E-state index is -0.0291. The molecular weight excluding hydrogens is 210 g/mol. The molecule has 2 aromatic rings. The van der Waals surface area contributed by atoms with E-state index in [0.717, 1.165) is 22.1 Å². The summed E-state index contributed by atoms with van der Waals surface area (Å²) < 4.78 is 0. The summed E-state index contributed by atoms with van der Waals surface area (Å²) in [6.45, 7) is 1.92. The largest absolute Gasteiger partial charge is 0.341 e. The van der Waals surface area contributed by atoms with Gasteiger partial charge in [-0.1, -0.05) is 11.6 Å². The zero-order chi connectivity index (χ0) is 10.8. The first-order chi connectivity index (χ1) is 7.16. The third kappa shape index (κ3) is 2.19. The Morgan fingerprint density at radius 1 is 1.33 bits per heavy atom. The molecule has 0 fully saturated rings. The average molecular weight is 222 g/mol. The van der Waals surface area contributed by atoms with E-state index >= 15 is 0 Å². The Labute approximate surface area is 93.3 Å². The van der Waals surface area contributed by atoms with Crippen molar-refractivity contribution < 1.29 is 0 Å². The number of nitrogens with one attached hydrogen (secondary N) is 1. The van der Waals surface area contributed by atoms with Crippen LogP contribution in [0.2, 0.25) is 5.02 Å². The van der Waals surface area contributed by atoms with Gasteiger partial charge in [0.05, 0.1) is 11.9 Å². The highest BCUT2D eigenvalue weighted by atomic mass is 35.5. The lowest BCUT2D eigenvalue weighted by molar-refractivity contribution is 0.789. The van der Waals surface area contributed by atoms with Gasteiger partial charge in [-0.2, -0.15) is 0 Å². The van der Waals surface area contributed by atoms with E-state index in [4.69, 9.17) is 17.3 Å². The van der Waals surface area contributed by atoms with E-state index in [1.807, 2.05) is 31.2 Å². The number of rotatable bonds is 2. The summed E-state index contributed by atoms with van der Waals surface area (Å²) >= 11 is 5.80. The van der Waals surface area contributed by atoms with Crippen molar-refractivity contribution in [3.05, 3.63) is 41.2 Å². The first-order valence-corrected chi connectivity index (χ1v) is 5.11. The van der Waals surface area contributed by atoms with E-state index in [1.54, 1.807) is 6.20 Å². The Morgan fingerprint density at radius 2 is 2.00 bits per heavy atom. The Morgan fingerprint density at radius 3 is 2.53 bits per heavy atom. The van der Waals surface area contributed by atoms with Gasteiger partial charge in [0.25, 0.3) is 0 Å². The molecule has 0 saturated carbocycles. The van der Waals surface area contributed by atoms with Crippen LogP contribution in [0.4, 0.5) is 0 Å². The molecule has 3 N–H and O–H groups in total. The Hall–Kier alpha value is -1.32. The number of benzene rings is 1. The van der Waals surface area contributed by atoms with Crippen molar-refractivity contribution in [2.24, 2.45) is 5.73 Å². The molecular formula is C11H12ClN3. The second kappa shape index (κ2) is 4.04. The normalized spacial score (nSPS) is 12.7. The first-order valence-electron chi connectivity index (χ1n) is 4.73. The molecule has 0 saturated heterocycles. The lowest BCUT2D eigenvalue weighted by atomic mass is 10.2. The standard InChI is InChI=1S/C11H12ClN3/c1-7(13)10-6-14-11(15-10)8-2-4-9(12)5-3-8/h2-7H,13H2,1H3,(H,14,15). The van der Waals surface area contributed by atoms with E-state index in [9.17, 15) is 0 Å². The first kappa shape index (κ1) is 10.2. The molecule has 1 aromatic heterocycles. The van der Waals surface area contributed by atoms with Crippen LogP contribution in [-0.2, 0) is 0 Å². The lowest BCUT2D eigenvalue weighted by Crippen LogP contribution is -2.04. The fourth-order valence-corrected chi connectivity index (χ4v) is 1.45. The molecule has 1 atom stereocenters. The van der Waals surface area contributed by atoms with Crippen LogP contribution in [-0.4, -0.2) is 9.97 Å². The maximum atomic E-state index is 5.80. The smallest absolute Gasteiger partial charge is 0.137 e. The maximum absolute atomic E-state index is 5.80. The molecule has 2 rings (SSSR count). The van der Waals surface area contributed by atoms with Crippen molar-refractivity contribution in [1.82, 2.24) is 9.97 Å². The molecule has 0 aliphatic heterocycles. The van der Waals surface area contributed by atoms with Crippen LogP contribution < -0.4 is 5.73 Å². The minimum Gasteiger partial charge on any atom is -0.341 e. The van der Waals surface area contributed by atoms with Gasteiger partial charge in [0, 0.05) is 16.6 Å². The van der Waals surface area contributed by atoms with Crippen LogP contribution >= 0.6 is 11.6 Å². The van der Waals surface area contributed by atoms with Gasteiger partial charge in [0.15, 0.2) is 0 Å². The topological polar surface area (TPSA) is 54.7 Å². The van der Waals surface area contributed by atoms with E-state index < -0.39 is 0 Å². The number of hydrogen-bond acceptors (Lipinski definition) is 2. The molecule has 1 heterocycles. The van der Waals surface area contributed by atoms with E-state index in [1.165, 1.54) is 0 Å². The van der Waals surface area contributed by atoms with Crippen LogP contribution in [0.3, 0.4) is 0 Å². The predicted octanol–water partition coefficient (Wildman–Crippen LogP) is 2.75. The van der Waals surface area contributed by atoms with Crippen LogP contribution in [0.5, 0.6) is 0 Å². The summed E-state index contributed by atoms with van der Waals surface area (Å²) in [4.78, 5) is 7.43. The lowest BCUT2D eigenvalue weighted by Gasteiger charge is -2.00. The SMILES string of the molecule is CC(N)c1cnc(-c2ccc(Cl)cc2)[nH]1. The summed E-state index contributed by atoms with van der Waals surface area (Å²) in [6, 6.07) is 7.49. The molecule has 3 nitrogen and oxygen atoms in total. The minimum absolute atomic E-state index is 0.0291. The van der Waals surface area contributed by atoms with Crippen molar-refractivity contribution in [2.75, 3.05) is 0 Å². The maximum Gasteiger partial charge on any atom is 0.137 e. The number of aromatic amines is 1. The molecule has 1 aromatic carbocycles. The third-order valence-corrected chi connectivity index (χ3v) is 2.46. The van der Waals surface area contributed by atoms with Crippen LogP contribution in [0.15, 0.2) is 30.5 Å². The van der Waals surface area contributed by atoms with Gasteiger partial charge in [-0.3, -0.25) is 0 Å². The van der Waals surface area contributed by atoms with Crippen LogP contribution in [0.25, 0.3) is 11.4 Å². The zero-order valence-corrected chi connectivity index (χ0v) is 9.12. The number of imidazole rings is 1. The van der Waals surface area contributed by atoms with Crippen molar-refractivity contribution in [2.45, 2.75) is 13.0 Å². The molecule has 0 bridgehead atoms. The molecule has 0 aliphatic carbocycles. The highest BCUT2D eigenvalue weighted by Gasteiger charge is 2.05. The van der Waals surface area contributed by atoms with Crippen LogP contribution in [0.1, 0.15) is 18.7 Å². The Kier molecular flexibility index (Phi) is 2.75. The number of nitrogens with two attached hydrogens (primary N) is 1. The Balaban J connectivity index is 2.33. The molecule has 15 heavy (non-hydrogen) atoms. The predicted molar refractivity (Wildman–Crippen MR) is 61.6 cm³/mol. The number of aromatic nitrogens is 2. The van der Waals surface area contributed by atoms with Crippen LogP contribution in [0, 0.1) is 0 Å². The molecule has 1 unspecified atom stereocenters. The molecule has 0 amide bonds. The van der Waals surface area contributed by atoms with Gasteiger partial charge >= 0.3 is 0 Å². The quantitative estimate of drug-likeness (QED) is 0.820. The summed E-state index contributed by atoms with van der Waals surface area (Å²) in [6.07, 6.45) is 1.76. The van der Waals surface area contributed by atoms with Crippen molar-refractivity contribution in [1.29, 1.82) is 0 Å². The highest BCUT2D eigenvalue weighted by molar-refractivity contribution is 6.30. The van der Waals surface area contributed by atoms with E-state index in [2.05, 4.69) is 9.97 Å². The summed E-state index contributed by atoms with van der Waals surface area (Å²) in [5.41, 5.74) is 7.67. The molecule has 0 aliphatic rings.